The summed E-state index contributed by atoms with van der Waals surface area (Å²) in [5.41, 5.74) is 1.81. The van der Waals surface area contributed by atoms with Crippen molar-refractivity contribution in [1.29, 1.82) is 0 Å². The van der Waals surface area contributed by atoms with Crippen LogP contribution in [0, 0.1) is 6.92 Å². The predicted molar refractivity (Wildman–Crippen MR) is 69.0 cm³/mol. The Kier molecular flexibility index (Phi) is 4.02. The van der Waals surface area contributed by atoms with Crippen LogP contribution in [0.2, 0.25) is 0 Å². The molecule has 1 aromatic carbocycles. The van der Waals surface area contributed by atoms with Crippen molar-refractivity contribution in [3.05, 3.63) is 28.8 Å². The first-order valence-corrected chi connectivity index (χ1v) is 5.78. The molecule has 0 spiro atoms. The average Bonchev–Trinajstić information content (AvgIpc) is 2.25. The number of aliphatic hydroxyl groups is 1. The zero-order valence-electron chi connectivity index (χ0n) is 11.4. The van der Waals surface area contributed by atoms with Gasteiger partial charge in [0.05, 0.1) is 7.11 Å². The van der Waals surface area contributed by atoms with Gasteiger partial charge >= 0.3 is 5.97 Å². The molecule has 0 bridgehead atoms. The van der Waals surface area contributed by atoms with Crippen molar-refractivity contribution < 1.29 is 19.7 Å². The predicted octanol–water partition coefficient (Wildman–Crippen LogP) is 2.42. The molecule has 0 aromatic heterocycles. The first-order valence-electron chi connectivity index (χ1n) is 5.78. The molecular formula is C14H20O4. The molecule has 0 saturated carbocycles. The summed E-state index contributed by atoms with van der Waals surface area (Å²) in [7, 11) is 1.58. The first-order chi connectivity index (χ1) is 8.18. The zero-order chi connectivity index (χ0) is 14.1. The van der Waals surface area contributed by atoms with Crippen LogP contribution in [-0.2, 0) is 10.2 Å². The van der Waals surface area contributed by atoms with Gasteiger partial charge in [-0.25, -0.2) is 4.79 Å². The third-order valence-corrected chi connectivity index (χ3v) is 2.92. The van der Waals surface area contributed by atoms with Crippen LogP contribution < -0.4 is 4.74 Å². The summed E-state index contributed by atoms with van der Waals surface area (Å²) in [4.78, 5) is 10.9. The van der Waals surface area contributed by atoms with Crippen molar-refractivity contribution in [3.63, 3.8) is 0 Å². The van der Waals surface area contributed by atoms with E-state index in [1.807, 2.05) is 20.8 Å². The molecule has 1 aromatic rings. The minimum atomic E-state index is -1.50. The third kappa shape index (κ3) is 2.82. The summed E-state index contributed by atoms with van der Waals surface area (Å²) in [6, 6.07) is 3.48. The Balaban J connectivity index is 3.44. The molecule has 0 amide bonds. The van der Waals surface area contributed by atoms with Crippen molar-refractivity contribution >= 4 is 5.97 Å². The smallest absolute Gasteiger partial charge is 0.337 e. The van der Waals surface area contributed by atoms with E-state index in [1.54, 1.807) is 26.2 Å². The number of methoxy groups -OCH3 is 1. The number of rotatable bonds is 3. The molecule has 0 aliphatic heterocycles. The van der Waals surface area contributed by atoms with Gasteiger partial charge in [0.2, 0.25) is 0 Å². The van der Waals surface area contributed by atoms with Crippen molar-refractivity contribution in [3.8, 4) is 5.75 Å². The van der Waals surface area contributed by atoms with Gasteiger partial charge < -0.3 is 14.9 Å². The summed E-state index contributed by atoms with van der Waals surface area (Å²) in [5.74, 6) is -0.538. The van der Waals surface area contributed by atoms with Gasteiger partial charge in [-0.1, -0.05) is 20.8 Å². The Bertz CT molecular complexity index is 458. The Hall–Kier alpha value is -1.55. The lowest BCUT2D eigenvalue weighted by atomic mass is 9.83. The van der Waals surface area contributed by atoms with Crippen molar-refractivity contribution in [2.24, 2.45) is 0 Å². The number of carboxylic acids is 1. The summed E-state index contributed by atoms with van der Waals surface area (Å²) in [6.45, 7) is 7.79. The lowest BCUT2D eigenvalue weighted by Gasteiger charge is -2.24. The van der Waals surface area contributed by atoms with Gasteiger partial charge in [0.25, 0.3) is 0 Å². The quantitative estimate of drug-likeness (QED) is 0.867. The normalized spacial score (nSPS) is 13.2. The molecule has 1 unspecified atom stereocenters. The minimum absolute atomic E-state index is 0.188. The molecule has 0 fully saturated rings. The number of aryl methyl sites for hydroxylation is 1. The van der Waals surface area contributed by atoms with E-state index in [9.17, 15) is 9.90 Å². The van der Waals surface area contributed by atoms with Crippen LogP contribution in [0.1, 0.15) is 43.6 Å². The van der Waals surface area contributed by atoms with Gasteiger partial charge in [-0.3, -0.25) is 0 Å². The number of aliphatic carboxylic acids is 1. The van der Waals surface area contributed by atoms with Gasteiger partial charge in [0.15, 0.2) is 6.10 Å². The molecule has 4 nitrogen and oxygen atoms in total. The molecule has 100 valence electrons. The molecular weight excluding hydrogens is 232 g/mol. The molecule has 1 atom stereocenters. The number of carboxylic acid groups (broad SMARTS) is 1. The number of aliphatic hydroxyl groups excluding tert-OH is 1. The van der Waals surface area contributed by atoms with E-state index in [4.69, 9.17) is 9.84 Å². The highest BCUT2D eigenvalue weighted by atomic mass is 16.5. The average molecular weight is 252 g/mol. The van der Waals surface area contributed by atoms with E-state index >= 15 is 0 Å². The monoisotopic (exact) mass is 252 g/mol. The molecule has 0 aliphatic rings. The highest BCUT2D eigenvalue weighted by Crippen LogP contribution is 2.35. The summed E-state index contributed by atoms with van der Waals surface area (Å²) >= 11 is 0. The van der Waals surface area contributed by atoms with E-state index in [-0.39, 0.29) is 5.41 Å². The van der Waals surface area contributed by atoms with Crippen molar-refractivity contribution in [2.45, 2.75) is 39.2 Å². The highest BCUT2D eigenvalue weighted by molar-refractivity contribution is 5.75. The van der Waals surface area contributed by atoms with E-state index in [0.29, 0.717) is 16.9 Å². The van der Waals surface area contributed by atoms with Crippen molar-refractivity contribution in [1.82, 2.24) is 0 Å². The molecule has 0 heterocycles. The van der Waals surface area contributed by atoms with E-state index in [2.05, 4.69) is 0 Å². The van der Waals surface area contributed by atoms with E-state index in [0.717, 1.165) is 5.56 Å². The fraction of sp³-hybridized carbons (Fsp3) is 0.500. The lowest BCUT2D eigenvalue weighted by molar-refractivity contribution is -0.147. The van der Waals surface area contributed by atoms with Crippen LogP contribution in [0.15, 0.2) is 12.1 Å². The maximum absolute atomic E-state index is 10.9. The molecule has 2 N–H and O–H groups in total. The molecule has 18 heavy (non-hydrogen) atoms. The lowest BCUT2D eigenvalue weighted by Crippen LogP contribution is -2.17. The Morgan fingerprint density at radius 3 is 2.28 bits per heavy atom. The molecule has 1 rings (SSSR count). The number of benzene rings is 1. The van der Waals surface area contributed by atoms with Gasteiger partial charge in [-0.15, -0.1) is 0 Å². The van der Waals surface area contributed by atoms with Gasteiger partial charge in [0, 0.05) is 0 Å². The van der Waals surface area contributed by atoms with Crippen LogP contribution in [0.5, 0.6) is 5.75 Å². The summed E-state index contributed by atoms with van der Waals surface area (Å²) in [5, 5.41) is 18.6. The third-order valence-electron chi connectivity index (χ3n) is 2.92. The fourth-order valence-electron chi connectivity index (χ4n) is 1.88. The van der Waals surface area contributed by atoms with Gasteiger partial charge in [0.1, 0.15) is 5.75 Å². The minimum Gasteiger partial charge on any atom is -0.496 e. The summed E-state index contributed by atoms with van der Waals surface area (Å²) in [6.07, 6.45) is -1.50. The molecule has 4 heteroatoms. The van der Waals surface area contributed by atoms with E-state index < -0.39 is 12.1 Å². The van der Waals surface area contributed by atoms with Crippen LogP contribution in [0.3, 0.4) is 0 Å². The Morgan fingerprint density at radius 1 is 1.33 bits per heavy atom. The zero-order valence-corrected chi connectivity index (χ0v) is 11.4. The van der Waals surface area contributed by atoms with E-state index in [1.165, 1.54) is 0 Å². The van der Waals surface area contributed by atoms with Crippen LogP contribution in [0.4, 0.5) is 0 Å². The van der Waals surface area contributed by atoms with Crippen LogP contribution in [0.25, 0.3) is 0 Å². The van der Waals surface area contributed by atoms with Crippen molar-refractivity contribution in [2.75, 3.05) is 7.11 Å². The second-order valence-electron chi connectivity index (χ2n) is 5.40. The largest absolute Gasteiger partial charge is 0.496 e. The second-order valence-corrected chi connectivity index (χ2v) is 5.40. The molecule has 0 aliphatic carbocycles. The Labute approximate surface area is 107 Å². The molecule has 0 saturated heterocycles. The topological polar surface area (TPSA) is 66.8 Å². The van der Waals surface area contributed by atoms with Gasteiger partial charge in [-0.2, -0.15) is 0 Å². The number of carbonyl (C=O) groups is 1. The molecule has 0 radical (unpaired) electrons. The van der Waals surface area contributed by atoms with Crippen LogP contribution in [-0.4, -0.2) is 23.3 Å². The van der Waals surface area contributed by atoms with Gasteiger partial charge in [-0.05, 0) is 41.2 Å². The standard InChI is InChI=1S/C14H20O4/c1-8-6-11(18-5)10(14(2,3)4)7-9(8)12(15)13(16)17/h6-7,12,15H,1-5H3,(H,16,17). The number of ether oxygens (including phenoxy) is 1. The first kappa shape index (κ1) is 14.5. The maximum atomic E-state index is 10.9. The second kappa shape index (κ2) is 4.98. The maximum Gasteiger partial charge on any atom is 0.337 e. The number of hydrogen-bond donors (Lipinski definition) is 2. The highest BCUT2D eigenvalue weighted by Gasteiger charge is 2.25. The Morgan fingerprint density at radius 2 is 1.89 bits per heavy atom. The summed E-state index contributed by atoms with van der Waals surface area (Å²) < 4.78 is 5.32. The fourth-order valence-corrected chi connectivity index (χ4v) is 1.88. The SMILES string of the molecule is COc1cc(C)c(C(O)C(=O)O)cc1C(C)(C)C. The number of hydrogen-bond acceptors (Lipinski definition) is 3. The van der Waals surface area contributed by atoms with Crippen LogP contribution >= 0.6 is 0 Å².